The highest BCUT2D eigenvalue weighted by Gasteiger charge is 2.29. The highest BCUT2D eigenvalue weighted by atomic mass is 19.1. The van der Waals surface area contributed by atoms with Gasteiger partial charge in [-0.15, -0.1) is 0 Å². The van der Waals surface area contributed by atoms with Crippen LogP contribution in [-0.2, 0) is 22.7 Å². The zero-order chi connectivity index (χ0) is 23.0. The van der Waals surface area contributed by atoms with Crippen molar-refractivity contribution in [1.82, 2.24) is 5.32 Å². The van der Waals surface area contributed by atoms with Crippen LogP contribution in [0.1, 0.15) is 37.0 Å². The number of carboxylic acids is 1. The van der Waals surface area contributed by atoms with Crippen molar-refractivity contribution in [2.75, 3.05) is 6.61 Å². The number of hydrogen-bond donors (Lipinski definition) is 3. The molecule has 0 saturated carbocycles. The van der Waals surface area contributed by atoms with Crippen molar-refractivity contribution in [3.63, 3.8) is 0 Å². The van der Waals surface area contributed by atoms with Crippen molar-refractivity contribution >= 4 is 5.97 Å². The smallest absolute Gasteiger partial charge is 0.306 e. The van der Waals surface area contributed by atoms with E-state index in [1.807, 2.05) is 31.2 Å². The Bertz CT molecular complexity index is 839. The highest BCUT2D eigenvalue weighted by Crippen LogP contribution is 2.20. The van der Waals surface area contributed by atoms with Crippen molar-refractivity contribution in [1.29, 1.82) is 0 Å². The van der Waals surface area contributed by atoms with Gasteiger partial charge in [0, 0.05) is 12.6 Å². The Balaban J connectivity index is 2.05. The first kappa shape index (κ1) is 24.9. The number of aliphatic hydroxyl groups is 1. The van der Waals surface area contributed by atoms with Crippen LogP contribution in [0.2, 0.25) is 0 Å². The lowest BCUT2D eigenvalue weighted by molar-refractivity contribution is -0.144. The Kier molecular flexibility index (Phi) is 9.55. The fraction of sp³-hybridized carbons (Fsp3) is 0.458. The van der Waals surface area contributed by atoms with Crippen molar-refractivity contribution in [3.8, 4) is 0 Å². The number of carboxylic acid groups (broad SMARTS) is 1. The maximum Gasteiger partial charge on any atom is 0.306 e. The maximum absolute atomic E-state index is 13.4. The first-order valence-electron chi connectivity index (χ1n) is 10.4. The molecule has 31 heavy (non-hydrogen) atoms. The van der Waals surface area contributed by atoms with Gasteiger partial charge in [-0.05, 0) is 42.5 Å². The van der Waals surface area contributed by atoms with E-state index in [0.29, 0.717) is 12.1 Å². The van der Waals surface area contributed by atoms with Crippen LogP contribution in [0.3, 0.4) is 0 Å². The van der Waals surface area contributed by atoms with E-state index in [2.05, 4.69) is 5.32 Å². The van der Waals surface area contributed by atoms with Crippen LogP contribution in [-0.4, -0.2) is 34.9 Å². The van der Waals surface area contributed by atoms with E-state index >= 15 is 0 Å². The minimum atomic E-state index is -0.974. The minimum absolute atomic E-state index is 0.0312. The van der Waals surface area contributed by atoms with E-state index in [9.17, 15) is 23.8 Å². The molecule has 0 aliphatic rings. The lowest BCUT2D eigenvalue weighted by atomic mass is 9.88. The number of aliphatic carboxylic acids is 1. The third kappa shape index (κ3) is 8.36. The summed E-state index contributed by atoms with van der Waals surface area (Å²) in [5.74, 6) is -3.16. The second kappa shape index (κ2) is 11.9. The molecule has 0 aliphatic heterocycles. The van der Waals surface area contributed by atoms with E-state index in [4.69, 9.17) is 4.74 Å². The van der Waals surface area contributed by atoms with Gasteiger partial charge in [0.05, 0.1) is 31.3 Å². The highest BCUT2D eigenvalue weighted by molar-refractivity contribution is 5.70. The second-order valence-corrected chi connectivity index (χ2v) is 8.26. The first-order valence-corrected chi connectivity index (χ1v) is 10.4. The summed E-state index contributed by atoms with van der Waals surface area (Å²) in [6, 6.07) is 10.5. The molecule has 7 heteroatoms. The third-order valence-corrected chi connectivity index (χ3v) is 5.22. The number of ether oxygens (including phenoxy) is 1. The van der Waals surface area contributed by atoms with Gasteiger partial charge in [0.1, 0.15) is 11.6 Å². The quantitative estimate of drug-likeness (QED) is 0.469. The molecule has 5 nitrogen and oxygen atoms in total. The monoisotopic (exact) mass is 435 g/mol. The summed E-state index contributed by atoms with van der Waals surface area (Å²) in [6.45, 7) is 6.06. The second-order valence-electron chi connectivity index (χ2n) is 8.26. The number of aliphatic hydroxyl groups excluding tert-OH is 1. The van der Waals surface area contributed by atoms with Gasteiger partial charge in [-0.25, -0.2) is 8.78 Å². The summed E-state index contributed by atoms with van der Waals surface area (Å²) in [5.41, 5.74) is 2.46. The number of carbonyl (C=O) groups is 1. The zero-order valence-corrected chi connectivity index (χ0v) is 18.1. The summed E-state index contributed by atoms with van der Waals surface area (Å²) in [4.78, 5) is 11.5. The summed E-state index contributed by atoms with van der Waals surface area (Å²) in [6.07, 6.45) is -0.909. The molecule has 0 amide bonds. The van der Waals surface area contributed by atoms with Gasteiger partial charge in [0.2, 0.25) is 0 Å². The van der Waals surface area contributed by atoms with Gasteiger partial charge in [-0.3, -0.25) is 4.79 Å². The Morgan fingerprint density at radius 2 is 1.77 bits per heavy atom. The minimum Gasteiger partial charge on any atom is -0.481 e. The van der Waals surface area contributed by atoms with Crippen LogP contribution in [0, 0.1) is 30.4 Å². The van der Waals surface area contributed by atoms with Crippen LogP contribution in [0.4, 0.5) is 8.78 Å². The normalized spacial score (nSPS) is 14.4. The zero-order valence-electron chi connectivity index (χ0n) is 18.1. The molecule has 0 aliphatic carbocycles. The Morgan fingerprint density at radius 3 is 2.35 bits per heavy atom. The van der Waals surface area contributed by atoms with Gasteiger partial charge >= 0.3 is 5.97 Å². The van der Waals surface area contributed by atoms with Crippen LogP contribution >= 0.6 is 0 Å². The Hall–Kier alpha value is -2.35. The molecule has 3 atom stereocenters. The first-order chi connectivity index (χ1) is 14.7. The van der Waals surface area contributed by atoms with Gasteiger partial charge in [-0.1, -0.05) is 43.7 Å². The molecule has 0 aromatic heterocycles. The lowest BCUT2D eigenvalue weighted by Crippen LogP contribution is -2.45. The van der Waals surface area contributed by atoms with Crippen LogP contribution < -0.4 is 5.32 Å². The predicted octanol–water partition coefficient (Wildman–Crippen LogP) is 4.06. The van der Waals surface area contributed by atoms with Gasteiger partial charge in [-0.2, -0.15) is 0 Å². The van der Waals surface area contributed by atoms with Gasteiger partial charge in [0.15, 0.2) is 0 Å². The molecule has 0 bridgehead atoms. The van der Waals surface area contributed by atoms with E-state index in [1.54, 1.807) is 13.8 Å². The third-order valence-electron chi connectivity index (χ3n) is 5.22. The molecular formula is C24H31F2NO4. The molecule has 2 aromatic rings. The molecular weight excluding hydrogens is 404 g/mol. The van der Waals surface area contributed by atoms with Crippen LogP contribution in [0.5, 0.6) is 0 Å². The standard InChI is InChI=1S/C24H31F2NO4/c1-15(2)21(24(29)30)11-23(28)22(27-12-17-6-4-5-16(3)7-17)14-31-13-18-8-19(25)10-20(26)9-18/h4-10,15,21-23,27-28H,11-14H2,1-3H3,(H,29,30). The molecule has 0 radical (unpaired) electrons. The Morgan fingerprint density at radius 1 is 1.10 bits per heavy atom. The average Bonchev–Trinajstić information content (AvgIpc) is 2.67. The van der Waals surface area contributed by atoms with E-state index in [-0.39, 0.29) is 25.6 Å². The number of nitrogens with one attached hydrogen (secondary N) is 1. The number of hydrogen-bond acceptors (Lipinski definition) is 4. The fourth-order valence-corrected chi connectivity index (χ4v) is 3.46. The van der Waals surface area contributed by atoms with Crippen molar-refractivity contribution < 1.29 is 28.5 Å². The van der Waals surface area contributed by atoms with E-state index in [1.165, 1.54) is 12.1 Å². The van der Waals surface area contributed by atoms with E-state index < -0.39 is 35.7 Å². The average molecular weight is 436 g/mol. The summed E-state index contributed by atoms with van der Waals surface area (Å²) >= 11 is 0. The topological polar surface area (TPSA) is 78.8 Å². The van der Waals surface area contributed by atoms with Crippen molar-refractivity contribution in [2.24, 2.45) is 11.8 Å². The SMILES string of the molecule is Cc1cccc(CNC(COCc2cc(F)cc(F)c2)C(O)CC(C(=O)O)C(C)C)c1. The number of benzene rings is 2. The number of rotatable bonds is 12. The van der Waals surface area contributed by atoms with Crippen molar-refractivity contribution in [3.05, 3.63) is 70.8 Å². The molecule has 2 rings (SSSR count). The van der Waals surface area contributed by atoms with Gasteiger partial charge in [0.25, 0.3) is 0 Å². The molecule has 3 unspecified atom stereocenters. The molecule has 0 saturated heterocycles. The molecule has 0 fully saturated rings. The molecule has 0 heterocycles. The summed E-state index contributed by atoms with van der Waals surface area (Å²) < 4.78 is 32.4. The van der Waals surface area contributed by atoms with E-state index in [0.717, 1.165) is 17.2 Å². The summed E-state index contributed by atoms with van der Waals surface area (Å²) in [7, 11) is 0. The van der Waals surface area contributed by atoms with Crippen LogP contribution in [0.25, 0.3) is 0 Å². The summed E-state index contributed by atoms with van der Waals surface area (Å²) in [5, 5.41) is 23.5. The lowest BCUT2D eigenvalue weighted by Gasteiger charge is -2.27. The molecule has 3 N–H and O–H groups in total. The molecule has 170 valence electrons. The largest absolute Gasteiger partial charge is 0.481 e. The van der Waals surface area contributed by atoms with Crippen molar-refractivity contribution in [2.45, 2.75) is 52.5 Å². The van der Waals surface area contributed by atoms with Gasteiger partial charge < -0.3 is 20.3 Å². The molecule has 2 aromatic carbocycles. The Labute approximate surface area is 182 Å². The molecule has 0 spiro atoms. The number of halogens is 2. The maximum atomic E-state index is 13.4. The number of aryl methyl sites for hydroxylation is 1. The fourth-order valence-electron chi connectivity index (χ4n) is 3.46. The van der Waals surface area contributed by atoms with Crippen LogP contribution in [0.15, 0.2) is 42.5 Å². The predicted molar refractivity (Wildman–Crippen MR) is 114 cm³/mol.